The minimum atomic E-state index is -0.720. The predicted octanol–water partition coefficient (Wildman–Crippen LogP) is 5.25. The smallest absolute Gasteiger partial charge is 0.320 e. The van der Waals surface area contributed by atoms with E-state index in [4.69, 9.17) is 5.11 Å². The molecule has 1 fully saturated rings. The van der Waals surface area contributed by atoms with E-state index < -0.39 is 13.2 Å². The van der Waals surface area contributed by atoms with Crippen LogP contribution < -0.4 is 5.32 Å². The van der Waals surface area contributed by atoms with Crippen LogP contribution in [0.4, 0.5) is 0 Å². The van der Waals surface area contributed by atoms with Crippen LogP contribution in [-0.4, -0.2) is 48.3 Å². The Morgan fingerprint density at radius 3 is 1.70 bits per heavy atom. The Bertz CT molecular complexity index is 269. The summed E-state index contributed by atoms with van der Waals surface area (Å²) in [6, 6.07) is -0.269. The zero-order chi connectivity index (χ0) is 17.6. The monoisotopic (exact) mass is 346 g/mol. The molecule has 0 aromatic carbocycles. The third-order valence-electron chi connectivity index (χ3n) is 4.99. The molecule has 3 nitrogen and oxygen atoms in total. The molecule has 23 heavy (non-hydrogen) atoms. The fourth-order valence-electron chi connectivity index (χ4n) is 3.19. The van der Waals surface area contributed by atoms with Gasteiger partial charge in [-0.05, 0) is 45.6 Å². The van der Waals surface area contributed by atoms with Crippen molar-refractivity contribution in [2.45, 2.75) is 85.1 Å². The van der Waals surface area contributed by atoms with Gasteiger partial charge in [0.25, 0.3) is 0 Å². The van der Waals surface area contributed by atoms with Gasteiger partial charge in [0, 0.05) is 7.26 Å². The third-order valence-corrected chi connectivity index (χ3v) is 10.1. The van der Waals surface area contributed by atoms with Gasteiger partial charge in [-0.2, -0.15) is 0 Å². The highest BCUT2D eigenvalue weighted by Gasteiger charge is 2.32. The van der Waals surface area contributed by atoms with Crippen molar-refractivity contribution in [1.82, 2.24) is 5.32 Å². The lowest BCUT2D eigenvalue weighted by atomic mass is 10.2. The summed E-state index contributed by atoms with van der Waals surface area (Å²) in [5.74, 6) is -0.720. The van der Waals surface area contributed by atoms with E-state index in [2.05, 4.69) is 33.0 Å². The first-order valence-electron chi connectivity index (χ1n) is 9.86. The Kier molecular flexibility index (Phi) is 14.1. The number of carbonyl (C=O) groups is 1. The summed E-state index contributed by atoms with van der Waals surface area (Å²) in [6.45, 7) is 10.3. The maximum atomic E-state index is 10.1. The van der Waals surface area contributed by atoms with Crippen molar-refractivity contribution in [2.24, 2.45) is 0 Å². The third kappa shape index (κ3) is 10.4. The molecule has 0 amide bonds. The van der Waals surface area contributed by atoms with Gasteiger partial charge in [-0.1, -0.05) is 40.0 Å². The first kappa shape index (κ1) is 22.9. The highest BCUT2D eigenvalue weighted by Crippen LogP contribution is 2.60. The molecule has 1 atom stereocenters. The molecule has 0 saturated carbocycles. The molecule has 1 heterocycles. The van der Waals surface area contributed by atoms with Gasteiger partial charge >= 0.3 is 5.97 Å². The molecular formula is C19H41NO2P+. The van der Waals surface area contributed by atoms with Gasteiger partial charge in [-0.25, -0.2) is 0 Å². The van der Waals surface area contributed by atoms with Gasteiger partial charge in [0.15, 0.2) is 0 Å². The van der Waals surface area contributed by atoms with Gasteiger partial charge in [0.05, 0.1) is 24.6 Å². The van der Waals surface area contributed by atoms with E-state index in [0.29, 0.717) is 0 Å². The van der Waals surface area contributed by atoms with Crippen LogP contribution in [-0.2, 0) is 4.79 Å². The zero-order valence-electron chi connectivity index (χ0n) is 16.1. The topological polar surface area (TPSA) is 49.3 Å². The lowest BCUT2D eigenvalue weighted by Gasteiger charge is -2.26. The molecule has 1 saturated heterocycles. The molecule has 0 radical (unpaired) electrons. The van der Waals surface area contributed by atoms with Crippen LogP contribution in [0.5, 0.6) is 0 Å². The fraction of sp³-hybridized carbons (Fsp3) is 0.947. The second kappa shape index (κ2) is 14.2. The number of aliphatic carboxylic acids is 1. The number of carboxylic acids is 1. The van der Waals surface area contributed by atoms with Crippen molar-refractivity contribution in [3.05, 3.63) is 0 Å². The Labute approximate surface area is 145 Å². The van der Waals surface area contributed by atoms with E-state index in [1.165, 1.54) is 44.7 Å². The maximum absolute atomic E-state index is 10.1. The molecule has 0 unspecified atom stereocenters. The first-order chi connectivity index (χ1) is 11.0. The summed E-state index contributed by atoms with van der Waals surface area (Å²) in [5, 5.41) is 11.2. The number of rotatable bonds is 11. The Balaban J connectivity index is 0.000000502. The van der Waals surface area contributed by atoms with E-state index in [1.807, 2.05) is 0 Å². The molecule has 138 valence electrons. The van der Waals surface area contributed by atoms with E-state index >= 15 is 0 Å². The van der Waals surface area contributed by atoms with Crippen molar-refractivity contribution in [2.75, 3.05) is 31.2 Å². The van der Waals surface area contributed by atoms with Gasteiger partial charge < -0.3 is 10.4 Å². The summed E-state index contributed by atoms with van der Waals surface area (Å²) in [4.78, 5) is 10.1. The molecular weight excluding hydrogens is 305 g/mol. The van der Waals surface area contributed by atoms with Crippen LogP contribution >= 0.6 is 7.26 Å². The van der Waals surface area contributed by atoms with Crippen molar-refractivity contribution < 1.29 is 9.90 Å². The average molecular weight is 347 g/mol. The van der Waals surface area contributed by atoms with Crippen LogP contribution in [0.1, 0.15) is 79.1 Å². The maximum Gasteiger partial charge on any atom is 0.320 e. The summed E-state index contributed by atoms with van der Waals surface area (Å²) in [5.41, 5.74) is 0. The van der Waals surface area contributed by atoms with E-state index in [1.54, 1.807) is 18.5 Å². The normalized spacial score (nSPS) is 17.7. The average Bonchev–Trinajstić information content (AvgIpc) is 3.10. The van der Waals surface area contributed by atoms with Crippen molar-refractivity contribution >= 4 is 13.2 Å². The van der Waals surface area contributed by atoms with Gasteiger partial charge in [-0.3, -0.25) is 4.79 Å². The van der Waals surface area contributed by atoms with Gasteiger partial charge in [0.1, 0.15) is 6.04 Å². The summed E-state index contributed by atoms with van der Waals surface area (Å²) >= 11 is 0. The van der Waals surface area contributed by atoms with Crippen molar-refractivity contribution in [1.29, 1.82) is 0 Å². The predicted molar refractivity (Wildman–Crippen MR) is 105 cm³/mol. The lowest BCUT2D eigenvalue weighted by molar-refractivity contribution is -0.139. The minimum Gasteiger partial charge on any atom is -0.480 e. The number of unbranched alkanes of at least 4 members (excludes halogenated alkanes) is 3. The van der Waals surface area contributed by atoms with Crippen LogP contribution in [0.2, 0.25) is 0 Å². The number of carboxylic acid groups (broad SMARTS) is 1. The second-order valence-electron chi connectivity index (χ2n) is 6.88. The van der Waals surface area contributed by atoms with Crippen molar-refractivity contribution in [3.63, 3.8) is 0 Å². The lowest BCUT2D eigenvalue weighted by Crippen LogP contribution is -2.29. The number of nitrogens with one attached hydrogen (secondary N) is 1. The van der Waals surface area contributed by atoms with Crippen LogP contribution in [0.15, 0.2) is 0 Å². The molecule has 2 N–H and O–H groups in total. The highest BCUT2D eigenvalue weighted by molar-refractivity contribution is 7.75. The van der Waals surface area contributed by atoms with Crippen LogP contribution in [0.3, 0.4) is 0 Å². The fourth-order valence-corrected chi connectivity index (χ4v) is 7.77. The standard InChI is InChI=1S/C14H32P.C5H9NO2/c1-5-9-12-15(8-4,13-10-6-2)14-11-7-3;7-5(8)4-2-1-3-6-4/h5-14H2,1-4H3;4,6H,1-3H2,(H,7,8)/q+1;/t;4-/m.0/s1. The molecule has 0 aromatic rings. The highest BCUT2D eigenvalue weighted by atomic mass is 31.2. The van der Waals surface area contributed by atoms with Crippen LogP contribution in [0, 0.1) is 0 Å². The Morgan fingerprint density at radius 1 is 1.00 bits per heavy atom. The summed E-state index contributed by atoms with van der Waals surface area (Å²) < 4.78 is 0. The van der Waals surface area contributed by atoms with Crippen molar-refractivity contribution in [3.8, 4) is 0 Å². The minimum absolute atomic E-state index is 0.269. The Morgan fingerprint density at radius 2 is 1.48 bits per heavy atom. The SMILES string of the molecule is CCCC[P+](CC)(CCCC)CCCC.O=C(O)[C@@H]1CCCN1. The molecule has 0 bridgehead atoms. The molecule has 0 spiro atoms. The zero-order valence-corrected chi connectivity index (χ0v) is 17.0. The molecule has 0 aliphatic carbocycles. The number of hydrogen-bond donors (Lipinski definition) is 2. The molecule has 1 aliphatic rings. The molecule has 4 heteroatoms. The second-order valence-corrected chi connectivity index (χ2v) is 11.5. The summed E-state index contributed by atoms with van der Waals surface area (Å²) in [7, 11) is -0.527. The van der Waals surface area contributed by atoms with Gasteiger partial charge in [0.2, 0.25) is 0 Å². The molecule has 1 rings (SSSR count). The number of hydrogen-bond acceptors (Lipinski definition) is 2. The largest absolute Gasteiger partial charge is 0.480 e. The quantitative estimate of drug-likeness (QED) is 0.503. The summed E-state index contributed by atoms with van der Waals surface area (Å²) in [6.07, 6.45) is 16.7. The van der Waals surface area contributed by atoms with Crippen LogP contribution in [0.25, 0.3) is 0 Å². The molecule has 1 aliphatic heterocycles. The Hall–Kier alpha value is -0.140. The first-order valence-corrected chi connectivity index (χ1v) is 12.4. The molecule has 0 aromatic heterocycles. The van der Waals surface area contributed by atoms with E-state index in [0.717, 1.165) is 19.4 Å². The van der Waals surface area contributed by atoms with Gasteiger partial charge in [-0.15, -0.1) is 0 Å². The van der Waals surface area contributed by atoms with E-state index in [9.17, 15) is 4.79 Å². The van der Waals surface area contributed by atoms with E-state index in [-0.39, 0.29) is 6.04 Å².